The smallest absolute Gasteiger partial charge is 0.279 e. The number of hydrogen-bond donors (Lipinski definition) is 1. The van der Waals surface area contributed by atoms with E-state index in [0.29, 0.717) is 43.7 Å². The van der Waals surface area contributed by atoms with Crippen molar-refractivity contribution in [3.63, 3.8) is 0 Å². The van der Waals surface area contributed by atoms with Crippen molar-refractivity contribution in [2.45, 2.75) is 0 Å². The van der Waals surface area contributed by atoms with E-state index in [0.717, 1.165) is 0 Å². The summed E-state index contributed by atoms with van der Waals surface area (Å²) in [7, 11) is 2.95. The lowest BCUT2D eigenvalue weighted by Gasteiger charge is -2.14. The Morgan fingerprint density at radius 1 is 0.938 bits per heavy atom. The van der Waals surface area contributed by atoms with Crippen molar-refractivity contribution < 1.29 is 14.3 Å². The number of benzene rings is 3. The summed E-state index contributed by atoms with van der Waals surface area (Å²) in [4.78, 5) is 26.3. The summed E-state index contributed by atoms with van der Waals surface area (Å²) in [6.45, 7) is 0. The first-order valence-corrected chi connectivity index (χ1v) is 10.2. The first kappa shape index (κ1) is 21.7. The van der Waals surface area contributed by atoms with E-state index in [9.17, 15) is 9.59 Å². The van der Waals surface area contributed by atoms with Crippen LogP contribution in [0.1, 0.15) is 10.5 Å². The molecule has 0 unspecified atom stereocenters. The Bertz CT molecular complexity index is 1380. The predicted molar refractivity (Wildman–Crippen MR) is 125 cm³/mol. The van der Waals surface area contributed by atoms with Gasteiger partial charge in [-0.3, -0.25) is 9.59 Å². The third-order valence-corrected chi connectivity index (χ3v) is 5.36. The number of fused-ring (bicyclic) bond motifs is 1. The molecule has 1 N–H and O–H groups in total. The van der Waals surface area contributed by atoms with Crippen molar-refractivity contribution in [1.29, 1.82) is 0 Å². The summed E-state index contributed by atoms with van der Waals surface area (Å²) in [6, 6.07) is 16.5. The van der Waals surface area contributed by atoms with Crippen molar-refractivity contribution in [3.05, 3.63) is 86.8 Å². The number of carbonyl (C=O) groups is 1. The third-order valence-electron chi connectivity index (χ3n) is 4.81. The van der Waals surface area contributed by atoms with Gasteiger partial charge in [0.1, 0.15) is 11.5 Å². The fraction of sp³-hybridized carbons (Fsp3) is 0.0870. The van der Waals surface area contributed by atoms with Gasteiger partial charge in [-0.2, -0.15) is 9.78 Å². The summed E-state index contributed by atoms with van der Waals surface area (Å²) in [6.07, 6.45) is 0. The van der Waals surface area contributed by atoms with Crippen LogP contribution < -0.4 is 20.3 Å². The minimum atomic E-state index is -0.538. The highest BCUT2D eigenvalue weighted by atomic mass is 35.5. The number of nitrogens with one attached hydrogen (secondary N) is 1. The van der Waals surface area contributed by atoms with E-state index < -0.39 is 5.91 Å². The molecule has 0 saturated heterocycles. The molecule has 1 amide bonds. The second kappa shape index (κ2) is 8.90. The van der Waals surface area contributed by atoms with Crippen LogP contribution in [0.5, 0.6) is 11.5 Å². The number of anilines is 1. The second-order valence-electron chi connectivity index (χ2n) is 6.73. The minimum absolute atomic E-state index is 0.0594. The lowest BCUT2D eigenvalue weighted by molar-refractivity contribution is 0.102. The highest BCUT2D eigenvalue weighted by Crippen LogP contribution is 2.36. The average Bonchev–Trinajstić information content (AvgIpc) is 2.80. The van der Waals surface area contributed by atoms with E-state index in [1.165, 1.54) is 25.0 Å². The van der Waals surface area contributed by atoms with Crippen molar-refractivity contribution in [2.75, 3.05) is 19.5 Å². The maximum atomic E-state index is 13.3. The fourth-order valence-electron chi connectivity index (χ4n) is 3.25. The number of halogens is 2. The van der Waals surface area contributed by atoms with Crippen LogP contribution in [0.2, 0.25) is 10.0 Å². The lowest BCUT2D eigenvalue weighted by Crippen LogP contribution is -2.26. The van der Waals surface area contributed by atoms with Crippen molar-refractivity contribution >= 4 is 45.6 Å². The molecule has 32 heavy (non-hydrogen) atoms. The van der Waals surface area contributed by atoms with Gasteiger partial charge in [-0.25, -0.2) is 0 Å². The number of hydrogen-bond acceptors (Lipinski definition) is 5. The molecule has 3 aromatic carbocycles. The van der Waals surface area contributed by atoms with E-state index in [1.54, 1.807) is 54.6 Å². The molecule has 1 heterocycles. The predicted octanol–water partition coefficient (Wildman–Crippen LogP) is 4.96. The monoisotopic (exact) mass is 469 g/mol. The molecule has 7 nitrogen and oxygen atoms in total. The van der Waals surface area contributed by atoms with Crippen LogP contribution in [-0.4, -0.2) is 29.9 Å². The Balaban J connectivity index is 1.85. The minimum Gasteiger partial charge on any atom is -0.495 e. The highest BCUT2D eigenvalue weighted by Gasteiger charge is 2.20. The van der Waals surface area contributed by atoms with Crippen LogP contribution in [0.15, 0.2) is 65.5 Å². The van der Waals surface area contributed by atoms with Crippen LogP contribution in [0.25, 0.3) is 16.5 Å². The van der Waals surface area contributed by atoms with Crippen LogP contribution in [0, 0.1) is 0 Å². The summed E-state index contributed by atoms with van der Waals surface area (Å²) in [5, 5.41) is 8.71. The number of carbonyl (C=O) groups excluding carboxylic acids is 1. The Kier molecular flexibility index (Phi) is 6.03. The number of aromatic nitrogens is 2. The molecule has 0 aliphatic carbocycles. The van der Waals surface area contributed by atoms with Crippen molar-refractivity contribution in [3.8, 4) is 17.2 Å². The normalized spacial score (nSPS) is 10.8. The van der Waals surface area contributed by atoms with E-state index in [4.69, 9.17) is 32.7 Å². The summed E-state index contributed by atoms with van der Waals surface area (Å²) < 4.78 is 11.7. The third kappa shape index (κ3) is 4.00. The summed E-state index contributed by atoms with van der Waals surface area (Å²) >= 11 is 12.2. The number of amides is 1. The van der Waals surface area contributed by atoms with E-state index in [-0.39, 0.29) is 11.3 Å². The summed E-state index contributed by atoms with van der Waals surface area (Å²) in [5.74, 6) is 0.222. The number of ether oxygens (including phenoxy) is 2. The van der Waals surface area contributed by atoms with Gasteiger partial charge in [0.25, 0.3) is 11.5 Å². The molecule has 0 spiro atoms. The Morgan fingerprint density at radius 3 is 2.25 bits per heavy atom. The Labute approximate surface area is 193 Å². The van der Waals surface area contributed by atoms with Gasteiger partial charge in [-0.05, 0) is 36.4 Å². The van der Waals surface area contributed by atoms with E-state index in [1.807, 2.05) is 0 Å². The largest absolute Gasteiger partial charge is 0.495 e. The molecule has 162 valence electrons. The zero-order valence-corrected chi connectivity index (χ0v) is 18.6. The van der Waals surface area contributed by atoms with Gasteiger partial charge in [0, 0.05) is 16.5 Å². The molecular formula is C23H17Cl2N3O4. The maximum absolute atomic E-state index is 13.3. The number of nitrogens with zero attached hydrogens (tertiary/aromatic N) is 2. The number of rotatable bonds is 5. The van der Waals surface area contributed by atoms with Crippen LogP contribution in [0.3, 0.4) is 0 Å². The SMILES string of the molecule is COc1cc(OC)c(NC(=O)c2nn(-c3ccc(Cl)cc3)c(=O)c3ccccc23)cc1Cl. The van der Waals surface area contributed by atoms with Crippen LogP contribution in [0.4, 0.5) is 5.69 Å². The zero-order chi connectivity index (χ0) is 22.8. The van der Waals surface area contributed by atoms with Crippen LogP contribution in [-0.2, 0) is 0 Å². The lowest BCUT2D eigenvalue weighted by atomic mass is 10.1. The molecule has 0 bridgehead atoms. The quantitative estimate of drug-likeness (QED) is 0.446. The molecule has 4 aromatic rings. The molecular weight excluding hydrogens is 453 g/mol. The molecule has 0 aliphatic heterocycles. The van der Waals surface area contributed by atoms with Gasteiger partial charge in [0.05, 0.1) is 36.0 Å². The van der Waals surface area contributed by atoms with E-state index in [2.05, 4.69) is 10.4 Å². The molecule has 0 saturated carbocycles. The number of methoxy groups -OCH3 is 2. The highest BCUT2D eigenvalue weighted by molar-refractivity contribution is 6.32. The van der Waals surface area contributed by atoms with Gasteiger partial charge in [0.2, 0.25) is 0 Å². The Hall–Kier alpha value is -3.55. The Morgan fingerprint density at radius 2 is 1.59 bits per heavy atom. The molecule has 1 aromatic heterocycles. The van der Waals surface area contributed by atoms with Gasteiger partial charge in [0.15, 0.2) is 5.69 Å². The fourth-order valence-corrected chi connectivity index (χ4v) is 3.62. The molecule has 0 aliphatic rings. The maximum Gasteiger partial charge on any atom is 0.279 e. The molecule has 0 atom stereocenters. The standard InChI is InChI=1S/C23H17Cl2N3O4/c1-31-19-12-20(32-2)18(11-17(19)25)26-22(29)21-15-5-3-4-6-16(15)23(30)28(27-21)14-9-7-13(24)8-10-14/h3-12H,1-2H3,(H,26,29). The second-order valence-corrected chi connectivity index (χ2v) is 7.57. The van der Waals surface area contributed by atoms with Gasteiger partial charge in [-0.1, -0.05) is 41.4 Å². The molecule has 4 rings (SSSR count). The molecule has 0 radical (unpaired) electrons. The summed E-state index contributed by atoms with van der Waals surface area (Å²) in [5.41, 5.74) is 0.511. The molecule has 9 heteroatoms. The average molecular weight is 470 g/mol. The first-order valence-electron chi connectivity index (χ1n) is 9.44. The van der Waals surface area contributed by atoms with Crippen LogP contribution >= 0.6 is 23.2 Å². The zero-order valence-electron chi connectivity index (χ0n) is 17.1. The van der Waals surface area contributed by atoms with Crippen molar-refractivity contribution in [2.24, 2.45) is 0 Å². The van der Waals surface area contributed by atoms with Gasteiger partial charge in [-0.15, -0.1) is 0 Å². The van der Waals surface area contributed by atoms with Crippen molar-refractivity contribution in [1.82, 2.24) is 9.78 Å². The van der Waals surface area contributed by atoms with Gasteiger partial charge >= 0.3 is 0 Å². The van der Waals surface area contributed by atoms with E-state index >= 15 is 0 Å². The topological polar surface area (TPSA) is 82.4 Å². The first-order chi connectivity index (χ1) is 15.4. The van der Waals surface area contributed by atoms with Gasteiger partial charge < -0.3 is 14.8 Å². The molecule has 0 fully saturated rings.